The van der Waals surface area contributed by atoms with E-state index in [1.165, 1.54) is 7.11 Å². The van der Waals surface area contributed by atoms with Crippen molar-refractivity contribution >= 4 is 24.1 Å². The van der Waals surface area contributed by atoms with Crippen LogP contribution in [0.15, 0.2) is 0 Å². The monoisotopic (exact) mass is 417 g/mol. The highest BCUT2D eigenvalue weighted by atomic mass is 16.6. The Bertz CT molecular complexity index is 579. The third-order valence-corrected chi connectivity index (χ3v) is 3.02. The Morgan fingerprint density at radius 2 is 1.10 bits per heavy atom. The number of methoxy groups -OCH3 is 1. The van der Waals surface area contributed by atoms with E-state index < -0.39 is 47.0 Å². The van der Waals surface area contributed by atoms with Crippen LogP contribution in [0.5, 0.6) is 0 Å². The highest BCUT2D eigenvalue weighted by Gasteiger charge is 2.42. The van der Waals surface area contributed by atoms with Crippen molar-refractivity contribution in [3.63, 3.8) is 0 Å². The highest BCUT2D eigenvalue weighted by Crippen LogP contribution is 2.22. The van der Waals surface area contributed by atoms with Crippen LogP contribution in [0.25, 0.3) is 0 Å². The van der Waals surface area contributed by atoms with Crippen LogP contribution in [-0.4, -0.2) is 59.0 Å². The number of carbonyl (C=O) groups is 4. The van der Waals surface area contributed by atoms with Crippen LogP contribution in [0.3, 0.4) is 0 Å². The van der Waals surface area contributed by atoms with Gasteiger partial charge in [-0.2, -0.15) is 4.90 Å². The molecular formula is C20H35NO8. The van der Waals surface area contributed by atoms with Gasteiger partial charge in [0.25, 0.3) is 0 Å². The predicted octanol–water partition coefficient (Wildman–Crippen LogP) is 3.82. The molecule has 0 unspecified atom stereocenters. The van der Waals surface area contributed by atoms with E-state index >= 15 is 0 Å². The van der Waals surface area contributed by atoms with Crippen LogP contribution in [0.2, 0.25) is 0 Å². The smallest absolute Gasteiger partial charge is 0.420 e. The number of nitrogens with zero attached hydrogens (tertiary/aromatic N) is 1. The molecule has 0 aromatic carbocycles. The number of hydrogen-bond donors (Lipinski definition) is 0. The number of amides is 2. The first-order valence-electron chi connectivity index (χ1n) is 9.41. The lowest BCUT2D eigenvalue weighted by atomic mass is 10.1. The Kier molecular flexibility index (Phi) is 9.14. The molecule has 29 heavy (non-hydrogen) atoms. The molecule has 0 spiro atoms. The summed E-state index contributed by atoms with van der Waals surface area (Å²) in [6.45, 7) is 14.7. The molecule has 0 aliphatic heterocycles. The molecule has 0 fully saturated rings. The first kappa shape index (κ1) is 26.7. The van der Waals surface area contributed by atoms with E-state index in [-0.39, 0.29) is 12.8 Å². The van der Waals surface area contributed by atoms with Gasteiger partial charge in [0.05, 0.1) is 7.11 Å². The van der Waals surface area contributed by atoms with Gasteiger partial charge in [0.2, 0.25) is 0 Å². The van der Waals surface area contributed by atoms with Gasteiger partial charge in [-0.1, -0.05) is 0 Å². The largest absolute Gasteiger partial charge is 0.469 e. The molecule has 0 aliphatic carbocycles. The molecule has 0 heterocycles. The summed E-state index contributed by atoms with van der Waals surface area (Å²) in [6.07, 6.45) is -2.58. The number of ether oxygens (including phenoxy) is 4. The predicted molar refractivity (Wildman–Crippen MR) is 105 cm³/mol. The summed E-state index contributed by atoms with van der Waals surface area (Å²) in [6, 6.07) is -1.43. The molecular weight excluding hydrogens is 382 g/mol. The SMILES string of the molecule is COC(=O)CC[C@@H](C(=O)OC(C)(C)C)N(C(=O)OC(C)(C)C)C(=O)OC(C)(C)C. The van der Waals surface area contributed by atoms with E-state index in [1.807, 2.05) is 0 Å². The molecule has 0 radical (unpaired) electrons. The molecule has 9 heteroatoms. The number of rotatable bonds is 5. The molecule has 0 saturated carbocycles. The minimum atomic E-state index is -1.43. The maximum Gasteiger partial charge on any atom is 0.420 e. The zero-order valence-electron chi connectivity index (χ0n) is 19.2. The maximum absolute atomic E-state index is 12.8. The molecule has 1 atom stereocenters. The lowest BCUT2D eigenvalue weighted by Gasteiger charge is -2.33. The Hall–Kier alpha value is -2.32. The van der Waals surface area contributed by atoms with Gasteiger partial charge in [0.1, 0.15) is 22.8 Å². The first-order chi connectivity index (χ1) is 12.9. The summed E-state index contributed by atoms with van der Waals surface area (Å²) in [5.74, 6) is -1.47. The summed E-state index contributed by atoms with van der Waals surface area (Å²) in [7, 11) is 1.20. The Morgan fingerprint density at radius 3 is 1.41 bits per heavy atom. The molecule has 0 N–H and O–H groups in total. The van der Waals surface area contributed by atoms with Crippen molar-refractivity contribution in [2.75, 3.05) is 7.11 Å². The molecule has 0 saturated heterocycles. The molecule has 0 bridgehead atoms. The fourth-order valence-corrected chi connectivity index (χ4v) is 2.03. The van der Waals surface area contributed by atoms with E-state index in [9.17, 15) is 19.2 Å². The van der Waals surface area contributed by atoms with Crippen molar-refractivity contribution in [3.8, 4) is 0 Å². The van der Waals surface area contributed by atoms with Gasteiger partial charge in [0.15, 0.2) is 0 Å². The average Bonchev–Trinajstić information content (AvgIpc) is 2.44. The third kappa shape index (κ3) is 11.3. The minimum absolute atomic E-state index is 0.208. The van der Waals surface area contributed by atoms with Crippen molar-refractivity contribution in [2.45, 2.75) is 98.0 Å². The summed E-state index contributed by atoms with van der Waals surface area (Å²) in [5, 5.41) is 0. The molecule has 0 aliphatic rings. The lowest BCUT2D eigenvalue weighted by molar-refractivity contribution is -0.161. The van der Waals surface area contributed by atoms with Gasteiger partial charge in [-0.25, -0.2) is 14.4 Å². The van der Waals surface area contributed by atoms with Gasteiger partial charge >= 0.3 is 24.1 Å². The zero-order chi connectivity index (χ0) is 23.2. The van der Waals surface area contributed by atoms with Crippen LogP contribution in [0, 0.1) is 0 Å². The van der Waals surface area contributed by atoms with Crippen LogP contribution in [0.4, 0.5) is 9.59 Å². The molecule has 2 amide bonds. The number of esters is 2. The van der Waals surface area contributed by atoms with Crippen molar-refractivity contribution < 1.29 is 38.1 Å². The number of hydrogen-bond acceptors (Lipinski definition) is 8. The summed E-state index contributed by atoms with van der Waals surface area (Å²) >= 11 is 0. The van der Waals surface area contributed by atoms with Crippen LogP contribution < -0.4 is 0 Å². The fraction of sp³-hybridized carbons (Fsp3) is 0.800. The second kappa shape index (κ2) is 9.93. The highest BCUT2D eigenvalue weighted by molar-refractivity contribution is 5.94. The Balaban J connectivity index is 6.06. The second-order valence-electron chi connectivity index (χ2n) is 9.49. The minimum Gasteiger partial charge on any atom is -0.469 e. The lowest BCUT2D eigenvalue weighted by Crippen LogP contribution is -2.53. The zero-order valence-corrected chi connectivity index (χ0v) is 19.2. The fourth-order valence-electron chi connectivity index (χ4n) is 2.03. The summed E-state index contributed by atoms with van der Waals surface area (Å²) < 4.78 is 20.5. The van der Waals surface area contributed by atoms with Crippen molar-refractivity contribution in [1.82, 2.24) is 4.90 Å². The van der Waals surface area contributed by atoms with E-state index in [2.05, 4.69) is 4.74 Å². The van der Waals surface area contributed by atoms with Gasteiger partial charge < -0.3 is 18.9 Å². The molecule has 0 aromatic heterocycles. The van der Waals surface area contributed by atoms with E-state index in [0.29, 0.717) is 4.90 Å². The standard InChI is InChI=1S/C20H35NO8/c1-18(2,3)27-15(23)13(11-12-14(22)26-10)21(16(24)28-19(4,5)6)17(25)29-20(7,8)9/h13H,11-12H2,1-10H3/t13-/m0/s1. The summed E-state index contributed by atoms with van der Waals surface area (Å²) in [4.78, 5) is 50.6. The first-order valence-corrected chi connectivity index (χ1v) is 9.41. The van der Waals surface area contributed by atoms with Crippen molar-refractivity contribution in [1.29, 1.82) is 0 Å². The topological polar surface area (TPSA) is 108 Å². The van der Waals surface area contributed by atoms with Gasteiger partial charge in [-0.15, -0.1) is 0 Å². The van der Waals surface area contributed by atoms with Gasteiger partial charge in [-0.3, -0.25) is 4.79 Å². The van der Waals surface area contributed by atoms with Crippen LogP contribution in [0.1, 0.15) is 75.2 Å². The van der Waals surface area contributed by atoms with E-state index in [1.54, 1.807) is 62.3 Å². The number of carbonyl (C=O) groups excluding carboxylic acids is 4. The summed E-state index contributed by atoms with van der Waals surface area (Å²) in [5.41, 5.74) is -2.75. The van der Waals surface area contributed by atoms with E-state index in [4.69, 9.17) is 14.2 Å². The van der Waals surface area contributed by atoms with Crippen LogP contribution in [-0.2, 0) is 28.5 Å². The number of imide groups is 1. The van der Waals surface area contributed by atoms with Crippen LogP contribution >= 0.6 is 0 Å². The average molecular weight is 417 g/mol. The quantitative estimate of drug-likeness (QED) is 0.490. The molecule has 0 rings (SSSR count). The van der Waals surface area contributed by atoms with Crippen molar-refractivity contribution in [2.24, 2.45) is 0 Å². The maximum atomic E-state index is 12.8. The second-order valence-corrected chi connectivity index (χ2v) is 9.49. The van der Waals surface area contributed by atoms with Gasteiger partial charge in [-0.05, 0) is 68.7 Å². The molecule has 9 nitrogen and oxygen atoms in total. The Labute approximate surface area is 173 Å². The van der Waals surface area contributed by atoms with Gasteiger partial charge in [0, 0.05) is 6.42 Å². The molecule has 168 valence electrons. The normalized spacial score (nSPS) is 13.2. The van der Waals surface area contributed by atoms with Crippen molar-refractivity contribution in [3.05, 3.63) is 0 Å². The third-order valence-electron chi connectivity index (χ3n) is 3.02. The van der Waals surface area contributed by atoms with E-state index in [0.717, 1.165) is 0 Å². The Morgan fingerprint density at radius 1 is 0.724 bits per heavy atom. The molecule has 0 aromatic rings.